The number of hydrogen-bond donors (Lipinski definition) is 4. The Balaban J connectivity index is 1.27. The Morgan fingerprint density at radius 3 is 1.27 bits per heavy atom. The minimum absolute atomic E-state index is 0.0700. The van der Waals surface area contributed by atoms with Gasteiger partial charge in [-0.15, -0.1) is 0 Å². The van der Waals surface area contributed by atoms with Crippen molar-refractivity contribution >= 4 is 35.1 Å². The van der Waals surface area contributed by atoms with E-state index in [0.717, 1.165) is 11.1 Å². The topological polar surface area (TPSA) is 151 Å². The molecule has 0 spiro atoms. The minimum atomic E-state index is -1.17. The van der Waals surface area contributed by atoms with Gasteiger partial charge in [0.2, 0.25) is 0 Å². The van der Waals surface area contributed by atoms with Crippen molar-refractivity contribution in [2.45, 2.75) is 27.7 Å². The molecule has 0 aromatic heterocycles. The molecule has 2 amide bonds. The number of ether oxygens (including phenoxy) is 2. The summed E-state index contributed by atoms with van der Waals surface area (Å²) in [6.07, 6.45) is 0. The second-order valence-corrected chi connectivity index (χ2v) is 11.4. The molecule has 4 aromatic carbocycles. The predicted molar refractivity (Wildman–Crippen MR) is 170 cm³/mol. The maximum Gasteiger partial charge on any atom is 0.336 e. The largest absolute Gasteiger partial charge is 0.493 e. The number of aromatic carboxylic acids is 2. The Bertz CT molecular complexity index is 1600. The van der Waals surface area contributed by atoms with Gasteiger partial charge >= 0.3 is 11.9 Å². The number of benzene rings is 4. The molecule has 0 bridgehead atoms. The van der Waals surface area contributed by atoms with Crippen LogP contribution in [0.2, 0.25) is 0 Å². The molecule has 10 heteroatoms. The summed E-state index contributed by atoms with van der Waals surface area (Å²) in [5, 5.41) is 24.3. The van der Waals surface area contributed by atoms with E-state index in [1.807, 2.05) is 13.8 Å². The lowest BCUT2D eigenvalue weighted by atomic mass is 9.96. The van der Waals surface area contributed by atoms with Gasteiger partial charge in [0.05, 0.1) is 35.5 Å². The average Bonchev–Trinajstić information content (AvgIpc) is 3.00. The first-order valence-electron chi connectivity index (χ1n) is 14.1. The zero-order chi connectivity index (χ0) is 32.7. The van der Waals surface area contributed by atoms with Crippen LogP contribution in [-0.4, -0.2) is 47.2 Å². The lowest BCUT2D eigenvalue weighted by Crippen LogP contribution is -2.28. The Hall–Kier alpha value is -5.64. The van der Waals surface area contributed by atoms with E-state index in [4.69, 9.17) is 9.47 Å². The smallest absolute Gasteiger partial charge is 0.336 e. The molecular formula is C35H34N2O8. The lowest BCUT2D eigenvalue weighted by Gasteiger charge is -2.25. The van der Waals surface area contributed by atoms with E-state index in [0.29, 0.717) is 36.1 Å². The fraction of sp³-hybridized carbons (Fsp3) is 0.200. The predicted octanol–water partition coefficient (Wildman–Crippen LogP) is 6.69. The third-order valence-corrected chi connectivity index (χ3v) is 6.78. The Morgan fingerprint density at radius 1 is 0.578 bits per heavy atom. The summed E-state index contributed by atoms with van der Waals surface area (Å²) in [6, 6.07) is 22.7. The second kappa shape index (κ2) is 13.8. The first-order chi connectivity index (χ1) is 21.3. The highest BCUT2D eigenvalue weighted by molar-refractivity contribution is 6.11. The summed E-state index contributed by atoms with van der Waals surface area (Å²) in [5.41, 5.74) is 2.19. The molecule has 4 rings (SSSR count). The van der Waals surface area contributed by atoms with Crippen LogP contribution in [0.1, 0.15) is 66.4 Å². The molecule has 0 aliphatic carbocycles. The molecule has 0 heterocycles. The molecular weight excluding hydrogens is 576 g/mol. The lowest BCUT2D eigenvalue weighted by molar-refractivity contribution is 0.0683. The van der Waals surface area contributed by atoms with E-state index in [1.54, 1.807) is 74.5 Å². The van der Waals surface area contributed by atoms with Crippen molar-refractivity contribution in [2.75, 3.05) is 23.8 Å². The van der Waals surface area contributed by atoms with E-state index in [2.05, 4.69) is 10.6 Å². The van der Waals surface area contributed by atoms with Crippen molar-refractivity contribution in [3.8, 4) is 11.5 Å². The van der Waals surface area contributed by atoms with Crippen molar-refractivity contribution in [3.05, 3.63) is 118 Å². The summed E-state index contributed by atoms with van der Waals surface area (Å²) in [7, 11) is 0. The molecule has 4 aromatic rings. The Morgan fingerprint density at radius 2 is 0.933 bits per heavy atom. The van der Waals surface area contributed by atoms with E-state index >= 15 is 0 Å². The van der Waals surface area contributed by atoms with Crippen LogP contribution >= 0.6 is 0 Å². The number of carbonyl (C=O) groups is 4. The maximum absolute atomic E-state index is 12.7. The van der Waals surface area contributed by atoms with Gasteiger partial charge in [0.1, 0.15) is 11.5 Å². The summed E-state index contributed by atoms with van der Waals surface area (Å²) in [4.78, 5) is 48.5. The van der Waals surface area contributed by atoms with Gasteiger partial charge in [-0.3, -0.25) is 9.59 Å². The third kappa shape index (κ3) is 8.70. The van der Waals surface area contributed by atoms with E-state index in [9.17, 15) is 29.4 Å². The van der Waals surface area contributed by atoms with Crippen molar-refractivity contribution in [1.29, 1.82) is 0 Å². The number of anilines is 2. The van der Waals surface area contributed by atoms with E-state index < -0.39 is 23.8 Å². The number of carboxylic acid groups (broad SMARTS) is 2. The van der Waals surface area contributed by atoms with Gasteiger partial charge in [-0.2, -0.15) is 0 Å². The average molecular weight is 611 g/mol. The van der Waals surface area contributed by atoms with Crippen LogP contribution in [-0.2, 0) is 0 Å². The van der Waals surface area contributed by atoms with Crippen molar-refractivity contribution < 1.29 is 38.9 Å². The van der Waals surface area contributed by atoms with Gasteiger partial charge < -0.3 is 30.3 Å². The molecule has 0 atom stereocenters. The number of rotatable bonds is 12. The molecule has 0 saturated heterocycles. The zero-order valence-electron chi connectivity index (χ0n) is 25.3. The van der Waals surface area contributed by atoms with Crippen molar-refractivity contribution in [1.82, 2.24) is 0 Å². The number of carboxylic acids is 2. The number of aryl methyl sites for hydroxylation is 2. The van der Waals surface area contributed by atoms with Gasteiger partial charge in [0, 0.05) is 16.8 Å². The second-order valence-electron chi connectivity index (χ2n) is 11.4. The molecule has 0 fully saturated rings. The molecule has 10 nitrogen and oxygen atoms in total. The van der Waals surface area contributed by atoms with Crippen LogP contribution < -0.4 is 20.1 Å². The Kier molecular flexibility index (Phi) is 9.88. The summed E-state index contributed by atoms with van der Waals surface area (Å²) in [6.45, 7) is 8.21. The van der Waals surface area contributed by atoms with Crippen LogP contribution in [0.5, 0.6) is 11.5 Å². The van der Waals surface area contributed by atoms with Gasteiger partial charge in [-0.25, -0.2) is 9.59 Å². The number of amides is 2. The summed E-state index contributed by atoms with van der Waals surface area (Å²) in [5.74, 6) is -2.21. The van der Waals surface area contributed by atoms with Gasteiger partial charge in [0.25, 0.3) is 11.8 Å². The molecule has 232 valence electrons. The highest BCUT2D eigenvalue weighted by atomic mass is 16.5. The van der Waals surface area contributed by atoms with Crippen LogP contribution in [0.15, 0.2) is 84.9 Å². The van der Waals surface area contributed by atoms with Crippen molar-refractivity contribution in [2.24, 2.45) is 5.41 Å². The standard InChI is InChI=1S/C35H34N2O8/c1-21-5-15-27(33(40)41)29(17-21)31(38)36-23-7-11-25(12-8-23)44-19-35(3,4)20-45-26-13-9-24(10-14-26)37-32(39)30-18-22(2)6-16-28(30)34(42)43/h5-18H,19-20H2,1-4H3,(H,36,38)(H,37,39)(H,40,41)(H,42,43). The monoisotopic (exact) mass is 610 g/mol. The third-order valence-electron chi connectivity index (χ3n) is 6.78. The molecule has 0 saturated carbocycles. The van der Waals surface area contributed by atoms with Gasteiger partial charge in [0.15, 0.2) is 0 Å². The zero-order valence-corrected chi connectivity index (χ0v) is 25.3. The minimum Gasteiger partial charge on any atom is -0.493 e. The Labute approximate surface area is 260 Å². The SMILES string of the molecule is Cc1ccc(C(=O)O)c(C(=O)Nc2ccc(OCC(C)(C)COc3ccc(NC(=O)c4cc(C)ccc4C(=O)O)cc3)cc2)c1. The quantitative estimate of drug-likeness (QED) is 0.139. The fourth-order valence-electron chi connectivity index (χ4n) is 4.33. The van der Waals surface area contributed by atoms with Gasteiger partial charge in [-0.05, 0) is 86.6 Å². The molecule has 0 radical (unpaired) electrons. The number of hydrogen-bond acceptors (Lipinski definition) is 6. The number of carbonyl (C=O) groups excluding carboxylic acids is 2. The first-order valence-corrected chi connectivity index (χ1v) is 14.1. The molecule has 0 aliphatic rings. The molecule has 4 N–H and O–H groups in total. The van der Waals surface area contributed by atoms with Crippen LogP contribution in [0.3, 0.4) is 0 Å². The van der Waals surface area contributed by atoms with Gasteiger partial charge in [-0.1, -0.05) is 37.1 Å². The van der Waals surface area contributed by atoms with E-state index in [-0.39, 0.29) is 27.7 Å². The van der Waals surface area contributed by atoms with Crippen LogP contribution in [0.25, 0.3) is 0 Å². The summed E-state index contributed by atoms with van der Waals surface area (Å²) < 4.78 is 11.9. The molecule has 0 aliphatic heterocycles. The summed E-state index contributed by atoms with van der Waals surface area (Å²) >= 11 is 0. The first kappa shape index (κ1) is 32.3. The van der Waals surface area contributed by atoms with Crippen LogP contribution in [0, 0.1) is 19.3 Å². The number of nitrogens with one attached hydrogen (secondary N) is 2. The normalized spacial score (nSPS) is 10.9. The fourth-order valence-corrected chi connectivity index (χ4v) is 4.33. The van der Waals surface area contributed by atoms with Crippen LogP contribution in [0.4, 0.5) is 11.4 Å². The maximum atomic E-state index is 12.7. The van der Waals surface area contributed by atoms with E-state index in [1.165, 1.54) is 24.3 Å². The molecule has 0 unspecified atom stereocenters. The highest BCUT2D eigenvalue weighted by Crippen LogP contribution is 2.24. The highest BCUT2D eigenvalue weighted by Gasteiger charge is 2.21. The molecule has 45 heavy (non-hydrogen) atoms. The van der Waals surface area contributed by atoms with Crippen molar-refractivity contribution in [3.63, 3.8) is 0 Å².